The number of benzene rings is 1. The van der Waals surface area contributed by atoms with Crippen molar-refractivity contribution in [3.8, 4) is 0 Å². The van der Waals surface area contributed by atoms with Gasteiger partial charge in [-0.25, -0.2) is 0 Å². The molecule has 0 fully saturated rings. The zero-order chi connectivity index (χ0) is 23.6. The van der Waals surface area contributed by atoms with Crippen LogP contribution in [0.1, 0.15) is 167 Å². The monoisotopic (exact) mass is 454 g/mol. The molecule has 0 bridgehead atoms. The molecule has 0 amide bonds. The second-order valence-electron chi connectivity index (χ2n) is 11.3. The van der Waals surface area contributed by atoms with Gasteiger partial charge in [-0.3, -0.25) is 0 Å². The molecule has 1 aromatic carbocycles. The lowest BCUT2D eigenvalue weighted by Gasteiger charge is -2.38. The molecule has 0 spiro atoms. The predicted octanol–water partition coefficient (Wildman–Crippen LogP) is 11.3. The van der Waals surface area contributed by atoms with E-state index in [4.69, 9.17) is 0 Å². The summed E-state index contributed by atoms with van der Waals surface area (Å²) in [5, 5.41) is 0. The van der Waals surface area contributed by atoms with Gasteiger partial charge in [0.15, 0.2) is 0 Å². The Morgan fingerprint density at radius 3 is 1.58 bits per heavy atom. The first-order chi connectivity index (χ1) is 16.3. The summed E-state index contributed by atoms with van der Waals surface area (Å²) in [4.78, 5) is 0. The van der Waals surface area contributed by atoms with E-state index in [0.29, 0.717) is 5.41 Å². The smallest absolute Gasteiger partial charge is 0.00129 e. The van der Waals surface area contributed by atoms with Crippen molar-refractivity contribution < 1.29 is 0 Å². The molecular weight excluding hydrogens is 396 g/mol. The van der Waals surface area contributed by atoms with E-state index >= 15 is 0 Å². The summed E-state index contributed by atoms with van der Waals surface area (Å²) in [6, 6.07) is 9.63. The van der Waals surface area contributed by atoms with E-state index in [0.717, 1.165) is 5.92 Å². The Bertz CT molecular complexity index is 569. The molecule has 0 heterocycles. The molecule has 0 radical (unpaired) electrons. The zero-order valence-corrected chi connectivity index (χ0v) is 22.9. The van der Waals surface area contributed by atoms with Gasteiger partial charge in [0, 0.05) is 0 Å². The van der Waals surface area contributed by atoms with Crippen LogP contribution in [0, 0.1) is 5.92 Å². The van der Waals surface area contributed by atoms with Crippen molar-refractivity contribution in [2.75, 3.05) is 0 Å². The summed E-state index contributed by atoms with van der Waals surface area (Å²) in [6.07, 6.45) is 31.4. The van der Waals surface area contributed by atoms with Crippen molar-refractivity contribution in [1.29, 1.82) is 0 Å². The zero-order valence-electron chi connectivity index (χ0n) is 22.9. The van der Waals surface area contributed by atoms with Crippen molar-refractivity contribution in [2.45, 2.75) is 167 Å². The first-order valence-corrected chi connectivity index (χ1v) is 15.4. The lowest BCUT2D eigenvalue weighted by atomic mass is 9.66. The molecule has 1 aliphatic carbocycles. The average molecular weight is 455 g/mol. The summed E-state index contributed by atoms with van der Waals surface area (Å²) in [7, 11) is 0. The molecule has 1 aromatic rings. The van der Waals surface area contributed by atoms with Crippen LogP contribution in [0.4, 0.5) is 0 Å². The Morgan fingerprint density at radius 1 is 0.576 bits per heavy atom. The molecule has 0 aliphatic heterocycles. The van der Waals surface area contributed by atoms with Gasteiger partial charge in [-0.15, -0.1) is 0 Å². The van der Waals surface area contributed by atoms with E-state index in [1.54, 1.807) is 11.1 Å². The number of hydrogen-bond acceptors (Lipinski definition) is 0. The van der Waals surface area contributed by atoms with Gasteiger partial charge in [0.05, 0.1) is 0 Å². The molecule has 0 nitrogen and oxygen atoms in total. The molecule has 190 valence electrons. The van der Waals surface area contributed by atoms with Gasteiger partial charge in [-0.2, -0.15) is 0 Å². The Kier molecular flexibility index (Phi) is 15.2. The van der Waals surface area contributed by atoms with Crippen molar-refractivity contribution in [3.05, 3.63) is 35.4 Å². The molecule has 0 saturated heterocycles. The molecule has 2 rings (SSSR count). The summed E-state index contributed by atoms with van der Waals surface area (Å²) in [5.41, 5.74) is 3.95. The van der Waals surface area contributed by atoms with E-state index < -0.39 is 0 Å². The van der Waals surface area contributed by atoms with Gasteiger partial charge in [0.2, 0.25) is 0 Å². The standard InChI is InChI=1S/C33H58/c1-4-7-10-13-16-19-25-31-29-30-24-20-21-26-32(30)33(31,27-22-17-14-11-8-5-2)28-23-18-15-12-9-6-3/h20-21,24,26,31H,4-19,22-23,25,27-29H2,1-3H3. The molecule has 1 unspecified atom stereocenters. The van der Waals surface area contributed by atoms with Gasteiger partial charge in [0.1, 0.15) is 0 Å². The summed E-state index contributed by atoms with van der Waals surface area (Å²) < 4.78 is 0. The Balaban J connectivity index is 2.02. The van der Waals surface area contributed by atoms with Gasteiger partial charge in [0.25, 0.3) is 0 Å². The van der Waals surface area contributed by atoms with Crippen LogP contribution < -0.4 is 0 Å². The van der Waals surface area contributed by atoms with Crippen LogP contribution in [0.2, 0.25) is 0 Å². The van der Waals surface area contributed by atoms with Crippen molar-refractivity contribution in [1.82, 2.24) is 0 Å². The topological polar surface area (TPSA) is 0 Å². The number of hydrogen-bond donors (Lipinski definition) is 0. The highest BCUT2D eigenvalue weighted by atomic mass is 14.5. The van der Waals surface area contributed by atoms with Crippen molar-refractivity contribution in [2.24, 2.45) is 5.92 Å². The van der Waals surface area contributed by atoms with Crippen molar-refractivity contribution in [3.63, 3.8) is 0 Å². The third-order valence-electron chi connectivity index (χ3n) is 8.66. The van der Waals surface area contributed by atoms with Gasteiger partial charge in [-0.1, -0.05) is 161 Å². The number of rotatable bonds is 21. The van der Waals surface area contributed by atoms with Gasteiger partial charge >= 0.3 is 0 Å². The second-order valence-corrected chi connectivity index (χ2v) is 11.3. The highest BCUT2D eigenvalue weighted by Crippen LogP contribution is 2.52. The fraction of sp³-hybridized carbons (Fsp3) is 0.818. The first kappa shape index (κ1) is 28.5. The molecular formula is C33H58. The Labute approximate surface area is 208 Å². The van der Waals surface area contributed by atoms with Gasteiger partial charge < -0.3 is 0 Å². The van der Waals surface area contributed by atoms with Crippen molar-refractivity contribution >= 4 is 0 Å². The van der Waals surface area contributed by atoms with Crippen LogP contribution in [0.15, 0.2) is 24.3 Å². The highest BCUT2D eigenvalue weighted by molar-refractivity contribution is 5.41. The molecule has 0 aromatic heterocycles. The van der Waals surface area contributed by atoms with E-state index in [1.807, 2.05) is 0 Å². The molecule has 1 aliphatic rings. The SMILES string of the molecule is CCCCCCCCC1Cc2ccccc2C1(CCCCCCCC)CCCCCCCC. The van der Waals surface area contributed by atoms with E-state index in [2.05, 4.69) is 45.0 Å². The minimum absolute atomic E-state index is 0.482. The van der Waals surface area contributed by atoms with E-state index in [9.17, 15) is 0 Å². The first-order valence-electron chi connectivity index (χ1n) is 15.4. The van der Waals surface area contributed by atoms with Gasteiger partial charge in [-0.05, 0) is 48.1 Å². The molecule has 1 atom stereocenters. The minimum atomic E-state index is 0.482. The molecule has 33 heavy (non-hydrogen) atoms. The maximum atomic E-state index is 2.53. The lowest BCUT2D eigenvalue weighted by molar-refractivity contribution is 0.220. The van der Waals surface area contributed by atoms with Crippen LogP contribution in [-0.4, -0.2) is 0 Å². The van der Waals surface area contributed by atoms with E-state index in [1.165, 1.54) is 141 Å². The van der Waals surface area contributed by atoms with Crippen LogP contribution >= 0.6 is 0 Å². The quantitative estimate of drug-likeness (QED) is 0.162. The lowest BCUT2D eigenvalue weighted by Crippen LogP contribution is -2.32. The predicted molar refractivity (Wildman–Crippen MR) is 149 cm³/mol. The molecule has 0 N–H and O–H groups in total. The molecule has 0 heteroatoms. The maximum absolute atomic E-state index is 2.53. The maximum Gasteiger partial charge on any atom is -0.00129 e. The van der Waals surface area contributed by atoms with Crippen LogP contribution in [0.3, 0.4) is 0 Å². The normalized spacial score (nSPS) is 16.9. The average Bonchev–Trinajstić information content (AvgIpc) is 3.14. The highest BCUT2D eigenvalue weighted by Gasteiger charge is 2.44. The number of fused-ring (bicyclic) bond motifs is 1. The Morgan fingerprint density at radius 2 is 1.03 bits per heavy atom. The second kappa shape index (κ2) is 17.6. The fourth-order valence-electron chi connectivity index (χ4n) is 6.66. The van der Waals surface area contributed by atoms with Crippen LogP contribution in [-0.2, 0) is 11.8 Å². The molecule has 0 saturated carbocycles. The largest absolute Gasteiger partial charge is 0.0654 e. The Hall–Kier alpha value is -0.780. The summed E-state index contributed by atoms with van der Waals surface area (Å²) in [6.45, 7) is 6.99. The summed E-state index contributed by atoms with van der Waals surface area (Å²) >= 11 is 0. The number of unbranched alkanes of at least 4 members (excludes halogenated alkanes) is 15. The summed E-state index contributed by atoms with van der Waals surface area (Å²) in [5.74, 6) is 0.896. The third kappa shape index (κ3) is 9.78. The minimum Gasteiger partial charge on any atom is -0.0654 e. The fourth-order valence-corrected chi connectivity index (χ4v) is 6.66. The van der Waals surface area contributed by atoms with Crippen LogP contribution in [0.25, 0.3) is 0 Å². The van der Waals surface area contributed by atoms with E-state index in [-0.39, 0.29) is 0 Å². The third-order valence-corrected chi connectivity index (χ3v) is 8.66. The van der Waals surface area contributed by atoms with Crippen LogP contribution in [0.5, 0.6) is 0 Å².